The number of phenolic OH excluding ortho intramolecular Hbond substituents is 2. The number of carbonyl (C=O) groups is 1. The number of aromatic hydroxyl groups is 2. The van der Waals surface area contributed by atoms with Crippen molar-refractivity contribution in [2.24, 2.45) is 0 Å². The van der Waals surface area contributed by atoms with Crippen LogP contribution in [0.5, 0.6) is 17.2 Å². The molecule has 2 aromatic carbocycles. The van der Waals surface area contributed by atoms with E-state index in [1.165, 1.54) is 17.2 Å². The molecule has 0 aliphatic carbocycles. The molecular formula is C27H32O4. The van der Waals surface area contributed by atoms with E-state index in [2.05, 4.69) is 32.9 Å². The number of rotatable bonds is 10. The van der Waals surface area contributed by atoms with Crippen LogP contribution in [-0.4, -0.2) is 22.6 Å². The largest absolute Gasteiger partial charge is 0.508 e. The normalized spacial score (nSPS) is 11.5. The van der Waals surface area contributed by atoms with E-state index in [4.69, 9.17) is 4.74 Å². The molecular weight excluding hydrogens is 388 g/mol. The molecule has 4 nitrogen and oxygen atoms in total. The van der Waals surface area contributed by atoms with E-state index in [0.29, 0.717) is 24.3 Å². The minimum atomic E-state index is -0.292. The highest BCUT2D eigenvalue weighted by Gasteiger charge is 2.16. The molecule has 4 heteroatoms. The first-order chi connectivity index (χ1) is 14.8. The van der Waals surface area contributed by atoms with Crippen molar-refractivity contribution in [3.05, 3.63) is 82.5 Å². The first-order valence-corrected chi connectivity index (χ1v) is 10.6. The summed E-state index contributed by atoms with van der Waals surface area (Å²) in [5.41, 5.74) is 4.17. The smallest absolute Gasteiger partial charge is 0.189 e. The Morgan fingerprint density at radius 2 is 1.71 bits per heavy atom. The van der Waals surface area contributed by atoms with Gasteiger partial charge in [-0.1, -0.05) is 41.5 Å². The summed E-state index contributed by atoms with van der Waals surface area (Å²) < 4.78 is 5.69. The lowest BCUT2D eigenvalue weighted by molar-refractivity contribution is 0.104. The number of ketones is 1. The van der Waals surface area contributed by atoms with E-state index in [1.807, 2.05) is 6.92 Å². The zero-order valence-electron chi connectivity index (χ0n) is 18.8. The Morgan fingerprint density at radius 1 is 1.00 bits per heavy atom. The molecule has 0 atom stereocenters. The van der Waals surface area contributed by atoms with Gasteiger partial charge in [-0.05, 0) is 82.9 Å². The Balaban J connectivity index is 2.24. The summed E-state index contributed by atoms with van der Waals surface area (Å²) in [4.78, 5) is 12.7. The molecule has 0 spiro atoms. The first kappa shape index (κ1) is 24.0. The molecule has 0 aliphatic heterocycles. The minimum absolute atomic E-state index is 0.0420. The van der Waals surface area contributed by atoms with Crippen LogP contribution in [0.15, 0.2) is 65.8 Å². The molecule has 31 heavy (non-hydrogen) atoms. The molecule has 0 amide bonds. The third kappa shape index (κ3) is 7.49. The standard InChI is InChI=1S/C27H32O4/c1-5-31-26-18-16-23(25(29)17-12-21-10-13-22(28)14-11-21)27(30)24(26)15-9-20(4)8-6-7-19(2)3/h7,9-14,16-18,28,30H,5-6,8,15H2,1-4H3/b17-12?,20-9+. The van der Waals surface area contributed by atoms with Crippen molar-refractivity contribution in [1.82, 2.24) is 0 Å². The second-order valence-corrected chi connectivity index (χ2v) is 7.74. The summed E-state index contributed by atoms with van der Waals surface area (Å²) in [6, 6.07) is 9.88. The monoisotopic (exact) mass is 420 g/mol. The molecule has 2 rings (SSSR count). The van der Waals surface area contributed by atoms with Gasteiger partial charge in [0.15, 0.2) is 5.78 Å². The number of hydrogen-bond donors (Lipinski definition) is 2. The number of allylic oxidation sites excluding steroid dienone is 5. The number of phenols is 2. The van der Waals surface area contributed by atoms with Gasteiger partial charge in [0.25, 0.3) is 0 Å². The van der Waals surface area contributed by atoms with Crippen LogP contribution in [0.3, 0.4) is 0 Å². The van der Waals surface area contributed by atoms with Crippen molar-refractivity contribution in [3.8, 4) is 17.2 Å². The molecule has 2 N–H and O–H groups in total. The SMILES string of the molecule is CCOc1ccc(C(=O)C=Cc2ccc(O)cc2)c(O)c1C/C=C(\C)CCC=C(C)C. The fourth-order valence-corrected chi connectivity index (χ4v) is 3.12. The summed E-state index contributed by atoms with van der Waals surface area (Å²) in [6.07, 6.45) is 9.79. The Morgan fingerprint density at radius 3 is 2.35 bits per heavy atom. The Labute approximate surface area is 185 Å². The number of hydrogen-bond acceptors (Lipinski definition) is 4. The predicted octanol–water partition coefficient (Wildman–Crippen LogP) is 6.63. The van der Waals surface area contributed by atoms with Gasteiger partial charge in [0.05, 0.1) is 12.2 Å². The quantitative estimate of drug-likeness (QED) is 0.257. The van der Waals surface area contributed by atoms with Gasteiger partial charge < -0.3 is 14.9 Å². The molecule has 0 heterocycles. The predicted molar refractivity (Wildman–Crippen MR) is 127 cm³/mol. The second kappa shape index (κ2) is 11.8. The van der Waals surface area contributed by atoms with E-state index in [1.54, 1.807) is 42.5 Å². The van der Waals surface area contributed by atoms with Crippen LogP contribution in [0.4, 0.5) is 0 Å². The van der Waals surface area contributed by atoms with Gasteiger partial charge in [-0.25, -0.2) is 0 Å². The average Bonchev–Trinajstić information content (AvgIpc) is 2.72. The van der Waals surface area contributed by atoms with Gasteiger partial charge in [-0.2, -0.15) is 0 Å². The summed E-state index contributed by atoms with van der Waals surface area (Å²) in [7, 11) is 0. The maximum atomic E-state index is 12.7. The second-order valence-electron chi connectivity index (χ2n) is 7.74. The van der Waals surface area contributed by atoms with Crippen molar-refractivity contribution in [3.63, 3.8) is 0 Å². The van der Waals surface area contributed by atoms with E-state index >= 15 is 0 Å². The topological polar surface area (TPSA) is 66.8 Å². The number of ether oxygens (including phenoxy) is 1. The zero-order chi connectivity index (χ0) is 22.8. The molecule has 0 saturated carbocycles. The van der Waals surface area contributed by atoms with Crippen LogP contribution in [0.1, 0.15) is 62.0 Å². The van der Waals surface area contributed by atoms with E-state index in [0.717, 1.165) is 18.4 Å². The third-order valence-corrected chi connectivity index (χ3v) is 4.87. The van der Waals surface area contributed by atoms with Gasteiger partial charge in [0, 0.05) is 5.56 Å². The van der Waals surface area contributed by atoms with Crippen molar-refractivity contribution < 1.29 is 19.7 Å². The fourth-order valence-electron chi connectivity index (χ4n) is 3.12. The maximum absolute atomic E-state index is 12.7. The Hall–Kier alpha value is -3.27. The van der Waals surface area contributed by atoms with E-state index in [9.17, 15) is 15.0 Å². The maximum Gasteiger partial charge on any atom is 0.189 e. The van der Waals surface area contributed by atoms with Crippen molar-refractivity contribution in [2.75, 3.05) is 6.61 Å². The summed E-state index contributed by atoms with van der Waals surface area (Å²) >= 11 is 0. The molecule has 0 radical (unpaired) electrons. The lowest BCUT2D eigenvalue weighted by Crippen LogP contribution is -2.02. The van der Waals surface area contributed by atoms with Gasteiger partial charge in [-0.15, -0.1) is 0 Å². The van der Waals surface area contributed by atoms with Crippen molar-refractivity contribution in [1.29, 1.82) is 0 Å². The first-order valence-electron chi connectivity index (χ1n) is 10.6. The van der Waals surface area contributed by atoms with Crippen molar-refractivity contribution >= 4 is 11.9 Å². The van der Waals surface area contributed by atoms with E-state index in [-0.39, 0.29) is 22.8 Å². The molecule has 0 aromatic heterocycles. The van der Waals surface area contributed by atoms with Gasteiger partial charge >= 0.3 is 0 Å². The van der Waals surface area contributed by atoms with E-state index < -0.39 is 0 Å². The van der Waals surface area contributed by atoms with Crippen LogP contribution in [0.2, 0.25) is 0 Å². The average molecular weight is 421 g/mol. The van der Waals surface area contributed by atoms with Crippen LogP contribution in [-0.2, 0) is 6.42 Å². The van der Waals surface area contributed by atoms with Crippen LogP contribution < -0.4 is 4.74 Å². The Bertz CT molecular complexity index is 975. The van der Waals surface area contributed by atoms with Crippen LogP contribution >= 0.6 is 0 Å². The molecule has 0 fully saturated rings. The molecule has 2 aromatic rings. The molecule has 0 aliphatic rings. The highest BCUT2D eigenvalue weighted by Crippen LogP contribution is 2.33. The summed E-state index contributed by atoms with van der Waals surface area (Å²) in [6.45, 7) is 8.62. The fraction of sp³-hybridized carbons (Fsp3) is 0.296. The summed E-state index contributed by atoms with van der Waals surface area (Å²) in [5, 5.41) is 20.2. The number of carbonyl (C=O) groups excluding carboxylic acids is 1. The van der Waals surface area contributed by atoms with Crippen molar-refractivity contribution in [2.45, 2.75) is 47.0 Å². The highest BCUT2D eigenvalue weighted by atomic mass is 16.5. The minimum Gasteiger partial charge on any atom is -0.508 e. The lowest BCUT2D eigenvalue weighted by atomic mass is 9.99. The van der Waals surface area contributed by atoms with Gasteiger partial charge in [-0.3, -0.25) is 4.79 Å². The summed E-state index contributed by atoms with van der Waals surface area (Å²) in [5.74, 6) is 0.424. The molecule has 164 valence electrons. The lowest BCUT2D eigenvalue weighted by Gasteiger charge is -2.13. The van der Waals surface area contributed by atoms with Gasteiger partial charge in [0.2, 0.25) is 0 Å². The van der Waals surface area contributed by atoms with Crippen LogP contribution in [0.25, 0.3) is 6.08 Å². The third-order valence-electron chi connectivity index (χ3n) is 4.87. The molecule has 0 saturated heterocycles. The molecule has 0 bridgehead atoms. The Kier molecular flexibility index (Phi) is 9.13. The van der Waals surface area contributed by atoms with Crippen LogP contribution in [0, 0.1) is 0 Å². The zero-order valence-corrected chi connectivity index (χ0v) is 18.8. The molecule has 0 unspecified atom stereocenters. The number of benzene rings is 2. The van der Waals surface area contributed by atoms with Gasteiger partial charge in [0.1, 0.15) is 17.2 Å². The highest BCUT2D eigenvalue weighted by molar-refractivity contribution is 6.09.